The molecule has 72 valence electrons. The van der Waals surface area contributed by atoms with Crippen LogP contribution >= 0.6 is 0 Å². The summed E-state index contributed by atoms with van der Waals surface area (Å²) in [5, 5.41) is 3.24. The molecule has 0 saturated carbocycles. The average Bonchev–Trinajstić information content (AvgIpc) is 1.82. The zero-order valence-corrected chi connectivity index (χ0v) is 8.69. The second kappa shape index (κ2) is 3.44. The molecule has 12 heavy (non-hydrogen) atoms. The fourth-order valence-corrected chi connectivity index (χ4v) is 0.573. The van der Waals surface area contributed by atoms with E-state index < -0.39 is 5.41 Å². The van der Waals surface area contributed by atoms with Gasteiger partial charge in [-0.2, -0.15) is 0 Å². The number of nitrogens with two attached hydrogens (primary N) is 1. The Hall–Kier alpha value is -0.570. The molecular formula is C9H20N2O. The third kappa shape index (κ3) is 4.34. The lowest BCUT2D eigenvalue weighted by atomic mass is 9.91. The second-order valence-electron chi connectivity index (χ2n) is 4.85. The molecule has 0 aliphatic carbocycles. The van der Waals surface area contributed by atoms with E-state index >= 15 is 0 Å². The SMILES string of the molecule is CC(C)(C)NCC(C)(C)C(N)=O. The predicted molar refractivity (Wildman–Crippen MR) is 50.7 cm³/mol. The molecule has 0 rings (SSSR count). The van der Waals surface area contributed by atoms with Gasteiger partial charge in [0.15, 0.2) is 0 Å². The van der Waals surface area contributed by atoms with E-state index in [1.165, 1.54) is 0 Å². The van der Waals surface area contributed by atoms with E-state index in [4.69, 9.17) is 5.73 Å². The van der Waals surface area contributed by atoms with E-state index in [1.54, 1.807) is 0 Å². The summed E-state index contributed by atoms with van der Waals surface area (Å²) in [6.07, 6.45) is 0. The minimum atomic E-state index is -0.465. The van der Waals surface area contributed by atoms with Crippen molar-refractivity contribution in [2.45, 2.75) is 40.2 Å². The Balaban J connectivity index is 4.01. The Kier molecular flexibility index (Phi) is 3.27. The first kappa shape index (κ1) is 11.4. The zero-order chi connectivity index (χ0) is 9.99. The Labute approximate surface area is 74.7 Å². The van der Waals surface area contributed by atoms with E-state index in [-0.39, 0.29) is 11.4 Å². The fraction of sp³-hybridized carbons (Fsp3) is 0.889. The van der Waals surface area contributed by atoms with E-state index in [9.17, 15) is 4.79 Å². The standard InChI is InChI=1S/C9H20N2O/c1-8(2,3)11-6-9(4,5)7(10)12/h11H,6H2,1-5H3,(H2,10,12). The summed E-state index contributed by atoms with van der Waals surface area (Å²) in [4.78, 5) is 10.9. The maximum atomic E-state index is 10.9. The van der Waals surface area contributed by atoms with Crippen LogP contribution in [0.5, 0.6) is 0 Å². The lowest BCUT2D eigenvalue weighted by Gasteiger charge is -2.27. The van der Waals surface area contributed by atoms with Crippen LogP contribution in [0, 0.1) is 5.41 Å². The van der Waals surface area contributed by atoms with Gasteiger partial charge in [0.2, 0.25) is 5.91 Å². The second-order valence-corrected chi connectivity index (χ2v) is 4.85. The van der Waals surface area contributed by atoms with Crippen LogP contribution in [-0.2, 0) is 4.79 Å². The number of hydrogen-bond acceptors (Lipinski definition) is 2. The molecule has 1 amide bonds. The molecule has 0 atom stereocenters. The maximum Gasteiger partial charge on any atom is 0.224 e. The lowest BCUT2D eigenvalue weighted by Crippen LogP contribution is -2.46. The van der Waals surface area contributed by atoms with Crippen LogP contribution in [0.15, 0.2) is 0 Å². The molecule has 0 aromatic rings. The highest BCUT2D eigenvalue weighted by Gasteiger charge is 2.26. The molecule has 0 aliphatic rings. The molecule has 0 heterocycles. The quantitative estimate of drug-likeness (QED) is 0.664. The van der Waals surface area contributed by atoms with Gasteiger partial charge in [0.05, 0.1) is 5.41 Å². The van der Waals surface area contributed by atoms with Crippen LogP contribution in [0.1, 0.15) is 34.6 Å². The van der Waals surface area contributed by atoms with Crippen LogP contribution in [0.25, 0.3) is 0 Å². The van der Waals surface area contributed by atoms with Crippen molar-refractivity contribution >= 4 is 5.91 Å². The molecule has 0 aliphatic heterocycles. The van der Waals surface area contributed by atoms with Gasteiger partial charge in [-0.15, -0.1) is 0 Å². The highest BCUT2D eigenvalue weighted by molar-refractivity contribution is 5.80. The molecule has 0 radical (unpaired) electrons. The summed E-state index contributed by atoms with van der Waals surface area (Å²) in [5.41, 5.74) is 4.79. The summed E-state index contributed by atoms with van der Waals surface area (Å²) < 4.78 is 0. The number of nitrogens with one attached hydrogen (secondary N) is 1. The first-order chi connectivity index (χ1) is 5.15. The van der Waals surface area contributed by atoms with Crippen molar-refractivity contribution in [3.05, 3.63) is 0 Å². The van der Waals surface area contributed by atoms with Crippen LogP contribution < -0.4 is 11.1 Å². The third-order valence-electron chi connectivity index (χ3n) is 1.73. The number of hydrogen-bond donors (Lipinski definition) is 2. The summed E-state index contributed by atoms with van der Waals surface area (Å²) in [5.74, 6) is -0.265. The van der Waals surface area contributed by atoms with Gasteiger partial charge in [-0.05, 0) is 34.6 Å². The van der Waals surface area contributed by atoms with Gasteiger partial charge in [-0.3, -0.25) is 4.79 Å². The lowest BCUT2D eigenvalue weighted by molar-refractivity contribution is -0.125. The molecule has 3 heteroatoms. The zero-order valence-electron chi connectivity index (χ0n) is 8.69. The topological polar surface area (TPSA) is 55.1 Å². The summed E-state index contributed by atoms with van der Waals surface area (Å²) in [6.45, 7) is 10.5. The Morgan fingerprint density at radius 3 is 1.92 bits per heavy atom. The van der Waals surface area contributed by atoms with Crippen LogP contribution in [0.3, 0.4) is 0 Å². The van der Waals surface area contributed by atoms with E-state index in [2.05, 4.69) is 26.1 Å². The molecule has 0 saturated heterocycles. The van der Waals surface area contributed by atoms with Crippen LogP contribution in [0.4, 0.5) is 0 Å². The summed E-state index contributed by atoms with van der Waals surface area (Å²) in [6, 6.07) is 0. The summed E-state index contributed by atoms with van der Waals surface area (Å²) >= 11 is 0. The predicted octanol–water partition coefficient (Wildman–Crippen LogP) is 0.886. The fourth-order valence-electron chi connectivity index (χ4n) is 0.573. The van der Waals surface area contributed by atoms with Gasteiger partial charge in [0.1, 0.15) is 0 Å². The first-order valence-electron chi connectivity index (χ1n) is 4.20. The molecule has 0 bridgehead atoms. The largest absolute Gasteiger partial charge is 0.369 e. The van der Waals surface area contributed by atoms with Crippen molar-refractivity contribution in [2.24, 2.45) is 11.1 Å². The molecule has 3 nitrogen and oxygen atoms in total. The van der Waals surface area contributed by atoms with Gasteiger partial charge >= 0.3 is 0 Å². The number of primary amides is 1. The van der Waals surface area contributed by atoms with Gasteiger partial charge in [-0.25, -0.2) is 0 Å². The van der Waals surface area contributed by atoms with Crippen LogP contribution in [-0.4, -0.2) is 18.0 Å². The minimum Gasteiger partial charge on any atom is -0.369 e. The minimum absolute atomic E-state index is 0.0344. The third-order valence-corrected chi connectivity index (χ3v) is 1.73. The molecule has 0 spiro atoms. The molecule has 0 aromatic heterocycles. The highest BCUT2D eigenvalue weighted by atomic mass is 16.1. The highest BCUT2D eigenvalue weighted by Crippen LogP contribution is 2.13. The summed E-state index contributed by atoms with van der Waals surface area (Å²) in [7, 11) is 0. The number of carbonyl (C=O) groups is 1. The number of carbonyl (C=O) groups excluding carboxylic acids is 1. The van der Waals surface area contributed by atoms with E-state index in [0.29, 0.717) is 6.54 Å². The Morgan fingerprint density at radius 2 is 1.67 bits per heavy atom. The van der Waals surface area contributed by atoms with Crippen molar-refractivity contribution < 1.29 is 4.79 Å². The monoisotopic (exact) mass is 172 g/mol. The Morgan fingerprint density at radius 1 is 1.25 bits per heavy atom. The van der Waals surface area contributed by atoms with Crippen LogP contribution in [0.2, 0.25) is 0 Å². The van der Waals surface area contributed by atoms with Crippen molar-refractivity contribution in [1.29, 1.82) is 0 Å². The van der Waals surface area contributed by atoms with Gasteiger partial charge < -0.3 is 11.1 Å². The molecule has 0 fully saturated rings. The van der Waals surface area contributed by atoms with Gasteiger partial charge in [-0.1, -0.05) is 0 Å². The van der Waals surface area contributed by atoms with E-state index in [0.717, 1.165) is 0 Å². The van der Waals surface area contributed by atoms with Crippen molar-refractivity contribution in [2.75, 3.05) is 6.54 Å². The van der Waals surface area contributed by atoms with Crippen molar-refractivity contribution in [3.8, 4) is 0 Å². The molecule has 3 N–H and O–H groups in total. The Bertz CT molecular complexity index is 168. The molecule has 0 aromatic carbocycles. The maximum absolute atomic E-state index is 10.9. The van der Waals surface area contributed by atoms with Crippen molar-refractivity contribution in [3.63, 3.8) is 0 Å². The van der Waals surface area contributed by atoms with Gasteiger partial charge in [0, 0.05) is 12.1 Å². The first-order valence-corrected chi connectivity index (χ1v) is 4.20. The van der Waals surface area contributed by atoms with E-state index in [1.807, 2.05) is 13.8 Å². The average molecular weight is 172 g/mol. The van der Waals surface area contributed by atoms with Gasteiger partial charge in [0.25, 0.3) is 0 Å². The number of amides is 1. The normalized spacial score (nSPS) is 13.1. The smallest absolute Gasteiger partial charge is 0.224 e. The number of rotatable bonds is 3. The molecule has 0 unspecified atom stereocenters. The van der Waals surface area contributed by atoms with Crippen molar-refractivity contribution in [1.82, 2.24) is 5.32 Å². The molecular weight excluding hydrogens is 152 g/mol.